The molecule has 0 saturated carbocycles. The summed E-state index contributed by atoms with van der Waals surface area (Å²) in [6.07, 6.45) is 0.920. The predicted octanol–water partition coefficient (Wildman–Crippen LogP) is 3.16. The number of aromatic nitrogens is 1. The third-order valence-electron chi connectivity index (χ3n) is 4.32. The molecule has 1 aromatic heterocycles. The lowest BCUT2D eigenvalue weighted by molar-refractivity contribution is -0.129. The summed E-state index contributed by atoms with van der Waals surface area (Å²) in [6.45, 7) is 8.92. The number of thiazole rings is 1. The number of hydrogen-bond donors (Lipinski definition) is 1. The first-order valence-electron chi connectivity index (χ1n) is 8.27. The molecule has 1 saturated heterocycles. The summed E-state index contributed by atoms with van der Waals surface area (Å²) >= 11 is 1.61. The third-order valence-corrected chi connectivity index (χ3v) is 5.24. The van der Waals surface area contributed by atoms with Crippen LogP contribution in [0.25, 0.3) is 10.2 Å². The van der Waals surface area contributed by atoms with Gasteiger partial charge in [-0.1, -0.05) is 24.3 Å². The van der Waals surface area contributed by atoms with E-state index >= 15 is 0 Å². The molecule has 6 nitrogen and oxygen atoms in total. The number of nitrogens with one attached hydrogen (secondary N) is 1. The number of hydrazone groups is 1. The van der Waals surface area contributed by atoms with Gasteiger partial charge in [0, 0.05) is 38.8 Å². The van der Waals surface area contributed by atoms with Gasteiger partial charge >= 0.3 is 0 Å². The molecule has 0 spiro atoms. The molecule has 0 aliphatic carbocycles. The first-order valence-corrected chi connectivity index (χ1v) is 9.09. The number of benzene rings is 1. The van der Waals surface area contributed by atoms with E-state index in [4.69, 9.17) is 4.98 Å². The van der Waals surface area contributed by atoms with E-state index in [0.717, 1.165) is 59.3 Å². The molecule has 1 aliphatic heterocycles. The van der Waals surface area contributed by atoms with E-state index in [9.17, 15) is 4.79 Å². The number of carbonyl (C=O) groups is 1. The lowest BCUT2D eigenvalue weighted by atomic mass is 10.2. The van der Waals surface area contributed by atoms with Crippen molar-refractivity contribution in [3.63, 3.8) is 0 Å². The van der Waals surface area contributed by atoms with Crippen LogP contribution in [0.15, 0.2) is 23.3 Å². The van der Waals surface area contributed by atoms with Gasteiger partial charge in [-0.25, -0.2) is 4.98 Å². The monoisotopic (exact) mass is 345 g/mol. The molecule has 2 heterocycles. The topological polar surface area (TPSA) is 60.8 Å². The van der Waals surface area contributed by atoms with Gasteiger partial charge in [0.25, 0.3) is 0 Å². The molecular weight excluding hydrogens is 322 g/mol. The molecule has 7 heteroatoms. The van der Waals surface area contributed by atoms with Crippen molar-refractivity contribution >= 4 is 44.0 Å². The van der Waals surface area contributed by atoms with Gasteiger partial charge in [-0.15, -0.1) is 0 Å². The third kappa shape index (κ3) is 3.51. The van der Waals surface area contributed by atoms with Crippen molar-refractivity contribution in [2.45, 2.75) is 27.2 Å². The Morgan fingerprint density at radius 1 is 1.29 bits per heavy atom. The van der Waals surface area contributed by atoms with Gasteiger partial charge in [-0.05, 0) is 25.5 Å². The number of nitrogens with zero attached hydrogens (tertiary/aromatic N) is 4. The van der Waals surface area contributed by atoms with Crippen molar-refractivity contribution in [3.05, 3.63) is 18.2 Å². The van der Waals surface area contributed by atoms with Crippen molar-refractivity contribution in [1.82, 2.24) is 9.88 Å². The van der Waals surface area contributed by atoms with Crippen LogP contribution < -0.4 is 10.3 Å². The normalized spacial score (nSPS) is 15.9. The maximum absolute atomic E-state index is 11.5. The highest BCUT2D eigenvalue weighted by molar-refractivity contribution is 7.22. The summed E-state index contributed by atoms with van der Waals surface area (Å²) < 4.78 is 1.15. The maximum Gasteiger partial charge on any atom is 0.219 e. The quantitative estimate of drug-likeness (QED) is 0.683. The van der Waals surface area contributed by atoms with Gasteiger partial charge < -0.3 is 9.80 Å². The minimum absolute atomic E-state index is 0.150. The predicted molar refractivity (Wildman–Crippen MR) is 101 cm³/mol. The van der Waals surface area contributed by atoms with Crippen LogP contribution in [0.4, 0.5) is 10.8 Å². The fraction of sp³-hybridized carbons (Fsp3) is 0.471. The van der Waals surface area contributed by atoms with Crippen molar-refractivity contribution in [2.75, 3.05) is 36.5 Å². The summed E-state index contributed by atoms with van der Waals surface area (Å²) in [4.78, 5) is 20.4. The molecule has 128 valence electrons. The van der Waals surface area contributed by atoms with Gasteiger partial charge in [0.05, 0.1) is 10.4 Å². The molecule has 1 aromatic carbocycles. The Bertz CT molecular complexity index is 761. The number of para-hydroxylation sites is 1. The Balaban J connectivity index is 1.81. The molecule has 1 amide bonds. The maximum atomic E-state index is 11.5. The van der Waals surface area contributed by atoms with E-state index in [1.165, 1.54) is 0 Å². The van der Waals surface area contributed by atoms with Crippen LogP contribution in [-0.4, -0.2) is 47.7 Å². The van der Waals surface area contributed by atoms with Crippen molar-refractivity contribution in [3.8, 4) is 0 Å². The highest BCUT2D eigenvalue weighted by Crippen LogP contribution is 2.33. The fourth-order valence-corrected chi connectivity index (χ4v) is 3.55. The Kier molecular flexibility index (Phi) is 4.99. The molecule has 0 unspecified atom stereocenters. The summed E-state index contributed by atoms with van der Waals surface area (Å²) in [5.74, 6) is 0.150. The average Bonchev–Trinajstić information content (AvgIpc) is 3.02. The number of carbonyl (C=O) groups excluding carboxylic acids is 1. The van der Waals surface area contributed by atoms with Gasteiger partial charge in [0.2, 0.25) is 11.0 Å². The van der Waals surface area contributed by atoms with E-state index in [-0.39, 0.29) is 5.91 Å². The van der Waals surface area contributed by atoms with Crippen LogP contribution in [0.1, 0.15) is 27.2 Å². The SMILES string of the molecule is CC/C(C)=N/Nc1nc2c(N3CCN(C(C)=O)CC3)cccc2s1. The zero-order valence-electron chi connectivity index (χ0n) is 14.4. The average molecular weight is 345 g/mol. The second kappa shape index (κ2) is 7.17. The second-order valence-electron chi connectivity index (χ2n) is 5.95. The first kappa shape index (κ1) is 16.7. The van der Waals surface area contributed by atoms with Gasteiger partial charge in [0.1, 0.15) is 5.52 Å². The summed E-state index contributed by atoms with van der Waals surface area (Å²) in [5, 5.41) is 5.15. The molecule has 2 aromatic rings. The zero-order valence-corrected chi connectivity index (χ0v) is 15.2. The smallest absolute Gasteiger partial charge is 0.219 e. The van der Waals surface area contributed by atoms with E-state index in [1.807, 2.05) is 11.8 Å². The van der Waals surface area contributed by atoms with Crippen LogP contribution in [0.2, 0.25) is 0 Å². The molecule has 3 rings (SSSR count). The second-order valence-corrected chi connectivity index (χ2v) is 6.98. The molecular formula is C17H23N5OS. The highest BCUT2D eigenvalue weighted by Gasteiger charge is 2.21. The Labute approximate surface area is 146 Å². The zero-order chi connectivity index (χ0) is 17.1. The highest BCUT2D eigenvalue weighted by atomic mass is 32.1. The molecule has 1 fully saturated rings. The molecule has 1 N–H and O–H groups in total. The fourth-order valence-electron chi connectivity index (χ4n) is 2.72. The standard InChI is InChI=1S/C17H23N5OS/c1-4-12(2)19-20-17-18-16-14(6-5-7-15(16)24-17)22-10-8-21(9-11-22)13(3)23/h5-7H,4,8-11H2,1-3H3,(H,18,20)/b19-12+. The van der Waals surface area contributed by atoms with Crippen LogP contribution in [0.3, 0.4) is 0 Å². The molecule has 1 aliphatic rings. The number of hydrogen-bond acceptors (Lipinski definition) is 6. The molecule has 0 atom stereocenters. The number of fused-ring (bicyclic) bond motifs is 1. The first-order chi connectivity index (χ1) is 11.6. The Hall–Kier alpha value is -2.15. The van der Waals surface area contributed by atoms with Gasteiger partial charge in [0.15, 0.2) is 0 Å². The minimum Gasteiger partial charge on any atom is -0.366 e. The van der Waals surface area contributed by atoms with E-state index in [2.05, 4.69) is 40.5 Å². The van der Waals surface area contributed by atoms with Gasteiger partial charge in [-0.2, -0.15) is 5.10 Å². The number of anilines is 2. The summed E-state index contributed by atoms with van der Waals surface area (Å²) in [6, 6.07) is 6.26. The van der Waals surface area contributed by atoms with Crippen molar-refractivity contribution < 1.29 is 4.79 Å². The van der Waals surface area contributed by atoms with Crippen LogP contribution in [0, 0.1) is 0 Å². The number of piperazine rings is 1. The van der Waals surface area contributed by atoms with Crippen LogP contribution >= 0.6 is 11.3 Å². The molecule has 0 radical (unpaired) electrons. The van der Waals surface area contributed by atoms with Crippen molar-refractivity contribution in [2.24, 2.45) is 5.10 Å². The van der Waals surface area contributed by atoms with E-state index in [1.54, 1.807) is 18.3 Å². The Morgan fingerprint density at radius 2 is 2.04 bits per heavy atom. The number of amides is 1. The summed E-state index contributed by atoms with van der Waals surface area (Å²) in [5.41, 5.74) is 6.25. The molecule has 24 heavy (non-hydrogen) atoms. The van der Waals surface area contributed by atoms with E-state index < -0.39 is 0 Å². The Morgan fingerprint density at radius 3 is 2.71 bits per heavy atom. The van der Waals surface area contributed by atoms with E-state index in [0.29, 0.717) is 0 Å². The summed E-state index contributed by atoms with van der Waals surface area (Å²) in [7, 11) is 0. The lowest BCUT2D eigenvalue weighted by Gasteiger charge is -2.35. The molecule has 0 bridgehead atoms. The van der Waals surface area contributed by atoms with Crippen molar-refractivity contribution in [1.29, 1.82) is 0 Å². The number of rotatable bonds is 4. The van der Waals surface area contributed by atoms with Crippen LogP contribution in [-0.2, 0) is 4.79 Å². The lowest BCUT2D eigenvalue weighted by Crippen LogP contribution is -2.48. The largest absolute Gasteiger partial charge is 0.366 e. The van der Waals surface area contributed by atoms with Gasteiger partial charge in [-0.3, -0.25) is 10.2 Å². The van der Waals surface area contributed by atoms with Crippen LogP contribution in [0.5, 0.6) is 0 Å². The minimum atomic E-state index is 0.150.